The first-order valence-corrected chi connectivity index (χ1v) is 5.30. The molecule has 0 amide bonds. The lowest BCUT2D eigenvalue weighted by molar-refractivity contribution is 0.319. The summed E-state index contributed by atoms with van der Waals surface area (Å²) in [6.45, 7) is 2.23. The number of nitrogens with zero attached hydrogens (tertiary/aromatic N) is 1. The average molecular weight is 221 g/mol. The van der Waals surface area contributed by atoms with E-state index >= 15 is 0 Å². The molecule has 1 fully saturated rings. The number of nitrogens with one attached hydrogen (secondary N) is 1. The van der Waals surface area contributed by atoms with E-state index in [1.165, 1.54) is 32.1 Å². The van der Waals surface area contributed by atoms with Crippen molar-refractivity contribution in [2.75, 3.05) is 0 Å². The van der Waals surface area contributed by atoms with E-state index in [1.54, 1.807) is 6.21 Å². The molecular formula is C10H21ClN2O. The quantitative estimate of drug-likeness (QED) is 0.324. The molecular weight excluding hydrogens is 200 g/mol. The molecule has 84 valence electrons. The summed E-state index contributed by atoms with van der Waals surface area (Å²) in [4.78, 5) is 0. The molecule has 0 bridgehead atoms. The lowest BCUT2D eigenvalue weighted by atomic mass is 10.1. The molecule has 1 aliphatic heterocycles. The van der Waals surface area contributed by atoms with Gasteiger partial charge in [-0.05, 0) is 19.3 Å². The third kappa shape index (κ3) is 4.82. The summed E-state index contributed by atoms with van der Waals surface area (Å²) in [7, 11) is 0. The number of oxime groups is 1. The molecule has 2 unspecified atom stereocenters. The fourth-order valence-corrected chi connectivity index (χ4v) is 1.92. The van der Waals surface area contributed by atoms with E-state index in [-0.39, 0.29) is 12.4 Å². The van der Waals surface area contributed by atoms with Crippen LogP contribution in [-0.2, 0) is 0 Å². The summed E-state index contributed by atoms with van der Waals surface area (Å²) in [6, 6.07) is 0.950. The van der Waals surface area contributed by atoms with Crippen LogP contribution in [0.25, 0.3) is 0 Å². The third-order valence-corrected chi connectivity index (χ3v) is 2.68. The lowest BCUT2D eigenvalue weighted by Crippen LogP contribution is -2.30. The van der Waals surface area contributed by atoms with Crippen LogP contribution in [0.4, 0.5) is 0 Å². The van der Waals surface area contributed by atoms with Crippen molar-refractivity contribution in [3.8, 4) is 0 Å². The normalized spacial score (nSPS) is 26.6. The largest absolute Gasteiger partial charge is 0.411 e. The highest BCUT2D eigenvalue weighted by atomic mass is 35.5. The Morgan fingerprint density at radius 3 is 2.86 bits per heavy atom. The molecule has 0 aromatic carbocycles. The molecule has 2 N–H and O–H groups in total. The van der Waals surface area contributed by atoms with Gasteiger partial charge in [0.25, 0.3) is 0 Å². The number of hydrogen-bond donors (Lipinski definition) is 2. The molecule has 2 atom stereocenters. The molecule has 1 heterocycles. The molecule has 0 aromatic heterocycles. The van der Waals surface area contributed by atoms with Gasteiger partial charge in [0.1, 0.15) is 0 Å². The Morgan fingerprint density at radius 2 is 2.21 bits per heavy atom. The number of unbranched alkanes of at least 4 members (excludes halogenated alkanes) is 2. The van der Waals surface area contributed by atoms with Crippen molar-refractivity contribution in [2.24, 2.45) is 5.16 Å². The van der Waals surface area contributed by atoms with Crippen molar-refractivity contribution in [1.82, 2.24) is 5.32 Å². The van der Waals surface area contributed by atoms with E-state index < -0.39 is 0 Å². The Hall–Kier alpha value is -0.280. The van der Waals surface area contributed by atoms with Crippen LogP contribution in [0.3, 0.4) is 0 Å². The third-order valence-electron chi connectivity index (χ3n) is 2.68. The fraction of sp³-hybridized carbons (Fsp3) is 0.900. The lowest BCUT2D eigenvalue weighted by Gasteiger charge is -2.10. The summed E-state index contributed by atoms with van der Waals surface area (Å²) in [5.74, 6) is 0. The van der Waals surface area contributed by atoms with Gasteiger partial charge in [0, 0.05) is 12.1 Å². The van der Waals surface area contributed by atoms with Crippen molar-refractivity contribution >= 4 is 18.6 Å². The second-order valence-electron chi connectivity index (χ2n) is 3.81. The summed E-state index contributed by atoms with van der Waals surface area (Å²) >= 11 is 0. The molecule has 3 nitrogen and oxygen atoms in total. The second kappa shape index (κ2) is 8.06. The molecule has 1 rings (SSSR count). The number of hydrogen-bond acceptors (Lipinski definition) is 3. The van der Waals surface area contributed by atoms with Crippen LogP contribution in [0.2, 0.25) is 0 Å². The highest BCUT2D eigenvalue weighted by Crippen LogP contribution is 2.16. The van der Waals surface area contributed by atoms with E-state index in [0.717, 1.165) is 6.42 Å². The maximum absolute atomic E-state index is 8.36. The maximum atomic E-state index is 8.36. The van der Waals surface area contributed by atoms with Gasteiger partial charge in [-0.3, -0.25) is 0 Å². The van der Waals surface area contributed by atoms with E-state index in [0.29, 0.717) is 12.1 Å². The minimum atomic E-state index is 0. The Kier molecular flexibility index (Phi) is 7.90. The highest BCUT2D eigenvalue weighted by molar-refractivity contribution is 5.85. The Balaban J connectivity index is 0.00000169. The number of rotatable bonds is 5. The standard InChI is InChI=1S/C10H20N2O.ClH/c1-2-3-4-5-9-6-7-10(12-9)8-11-13;/h8-10,12-13H,2-7H2,1H3;1H/b11-8-;. The zero-order valence-corrected chi connectivity index (χ0v) is 9.59. The van der Waals surface area contributed by atoms with Crippen molar-refractivity contribution in [3.05, 3.63) is 0 Å². The molecule has 0 aromatic rings. The van der Waals surface area contributed by atoms with Gasteiger partial charge in [0.15, 0.2) is 0 Å². The molecule has 14 heavy (non-hydrogen) atoms. The van der Waals surface area contributed by atoms with Crippen molar-refractivity contribution in [1.29, 1.82) is 0 Å². The van der Waals surface area contributed by atoms with Gasteiger partial charge in [-0.15, -0.1) is 17.6 Å². The van der Waals surface area contributed by atoms with Gasteiger partial charge in [-0.25, -0.2) is 0 Å². The van der Waals surface area contributed by atoms with E-state index in [9.17, 15) is 0 Å². The van der Waals surface area contributed by atoms with Crippen molar-refractivity contribution in [3.63, 3.8) is 0 Å². The van der Waals surface area contributed by atoms with E-state index in [4.69, 9.17) is 5.21 Å². The zero-order valence-electron chi connectivity index (χ0n) is 8.78. The van der Waals surface area contributed by atoms with Crippen LogP contribution in [0.1, 0.15) is 45.4 Å². The van der Waals surface area contributed by atoms with Crippen LogP contribution >= 0.6 is 12.4 Å². The first kappa shape index (κ1) is 13.7. The topological polar surface area (TPSA) is 44.6 Å². The number of halogens is 1. The molecule has 1 aliphatic rings. The summed E-state index contributed by atoms with van der Waals surface area (Å²) in [5.41, 5.74) is 0. The van der Waals surface area contributed by atoms with Gasteiger partial charge >= 0.3 is 0 Å². The SMILES string of the molecule is CCCCCC1CCC(/C=N\O)N1.Cl. The van der Waals surface area contributed by atoms with E-state index in [1.807, 2.05) is 0 Å². The first-order chi connectivity index (χ1) is 6.36. The molecule has 4 heteroatoms. The van der Waals surface area contributed by atoms with Gasteiger partial charge in [-0.2, -0.15) is 0 Å². The molecule has 1 saturated heterocycles. The van der Waals surface area contributed by atoms with Crippen LogP contribution < -0.4 is 5.32 Å². The Labute approximate surface area is 92.4 Å². The Bertz CT molecular complexity index is 164. The molecule has 0 aliphatic carbocycles. The van der Waals surface area contributed by atoms with Crippen molar-refractivity contribution in [2.45, 2.75) is 57.5 Å². The second-order valence-corrected chi connectivity index (χ2v) is 3.81. The molecule has 0 saturated carbocycles. The van der Waals surface area contributed by atoms with Gasteiger partial charge in [0.2, 0.25) is 0 Å². The van der Waals surface area contributed by atoms with Gasteiger partial charge in [0.05, 0.1) is 6.21 Å². The monoisotopic (exact) mass is 220 g/mol. The molecule has 0 spiro atoms. The predicted octanol–water partition coefficient (Wildman–Crippen LogP) is 2.57. The minimum Gasteiger partial charge on any atom is -0.411 e. The highest BCUT2D eigenvalue weighted by Gasteiger charge is 2.21. The van der Waals surface area contributed by atoms with Gasteiger partial charge in [-0.1, -0.05) is 26.2 Å². The zero-order chi connectivity index (χ0) is 9.52. The summed E-state index contributed by atoms with van der Waals surface area (Å²) < 4.78 is 0. The van der Waals surface area contributed by atoms with E-state index in [2.05, 4.69) is 17.4 Å². The first-order valence-electron chi connectivity index (χ1n) is 5.30. The van der Waals surface area contributed by atoms with Gasteiger partial charge < -0.3 is 10.5 Å². The minimum absolute atomic E-state index is 0. The summed E-state index contributed by atoms with van der Waals surface area (Å²) in [6.07, 6.45) is 9.13. The maximum Gasteiger partial charge on any atom is 0.0605 e. The van der Waals surface area contributed by atoms with Crippen LogP contribution in [0, 0.1) is 0 Å². The average Bonchev–Trinajstić information content (AvgIpc) is 2.54. The Morgan fingerprint density at radius 1 is 1.43 bits per heavy atom. The van der Waals surface area contributed by atoms with Crippen LogP contribution in [0.5, 0.6) is 0 Å². The molecule has 0 radical (unpaired) electrons. The predicted molar refractivity (Wildman–Crippen MR) is 61.6 cm³/mol. The summed E-state index contributed by atoms with van der Waals surface area (Å²) in [5, 5.41) is 14.9. The van der Waals surface area contributed by atoms with Crippen LogP contribution in [0.15, 0.2) is 5.16 Å². The fourth-order valence-electron chi connectivity index (χ4n) is 1.92. The van der Waals surface area contributed by atoms with Crippen molar-refractivity contribution < 1.29 is 5.21 Å². The van der Waals surface area contributed by atoms with Crippen LogP contribution in [-0.4, -0.2) is 23.5 Å². The smallest absolute Gasteiger partial charge is 0.0605 e.